The summed E-state index contributed by atoms with van der Waals surface area (Å²) < 4.78 is 45.0. The highest BCUT2D eigenvalue weighted by Gasteiger charge is 2.38. The molecule has 0 aromatic heterocycles. The SMILES string of the molecule is COc1ccc(NC(=O)[C@@](C)(NS(C)(=O)=O)c2ccc(F)cc2)cc1C(=O)N1CCCC1. The Morgan fingerprint density at radius 1 is 1.09 bits per heavy atom. The molecule has 8 nitrogen and oxygen atoms in total. The van der Waals surface area contributed by atoms with Gasteiger partial charge in [-0.3, -0.25) is 9.59 Å². The predicted octanol–water partition coefficient (Wildman–Crippen LogP) is 2.47. The second kappa shape index (κ2) is 9.25. The molecule has 2 amide bonds. The number of methoxy groups -OCH3 is 1. The minimum atomic E-state index is -3.81. The largest absolute Gasteiger partial charge is 0.496 e. The molecule has 2 aromatic carbocycles. The van der Waals surface area contributed by atoms with Crippen molar-refractivity contribution in [1.29, 1.82) is 0 Å². The lowest BCUT2D eigenvalue weighted by atomic mass is 9.92. The third-order valence-corrected chi connectivity index (χ3v) is 6.13. The number of anilines is 1. The van der Waals surface area contributed by atoms with Crippen LogP contribution in [-0.4, -0.2) is 51.6 Å². The zero-order chi connectivity index (χ0) is 23.5. The number of nitrogens with zero attached hydrogens (tertiary/aromatic N) is 1. The van der Waals surface area contributed by atoms with E-state index in [4.69, 9.17) is 4.74 Å². The molecule has 10 heteroatoms. The van der Waals surface area contributed by atoms with Gasteiger partial charge >= 0.3 is 0 Å². The Bertz CT molecular complexity index is 1110. The predicted molar refractivity (Wildman–Crippen MR) is 118 cm³/mol. The van der Waals surface area contributed by atoms with Gasteiger partial charge in [0.2, 0.25) is 15.9 Å². The van der Waals surface area contributed by atoms with Crippen LogP contribution in [0.2, 0.25) is 0 Å². The molecule has 2 aromatic rings. The molecule has 172 valence electrons. The molecule has 1 aliphatic rings. The lowest BCUT2D eigenvalue weighted by Crippen LogP contribution is -2.51. The Kier molecular flexibility index (Phi) is 6.85. The van der Waals surface area contributed by atoms with Crippen molar-refractivity contribution in [2.75, 3.05) is 31.8 Å². The number of benzene rings is 2. The highest BCUT2D eigenvalue weighted by molar-refractivity contribution is 7.88. The van der Waals surface area contributed by atoms with Crippen LogP contribution >= 0.6 is 0 Å². The zero-order valence-corrected chi connectivity index (χ0v) is 19.0. The van der Waals surface area contributed by atoms with E-state index in [9.17, 15) is 22.4 Å². The molecule has 1 aliphatic heterocycles. The Morgan fingerprint density at radius 3 is 2.28 bits per heavy atom. The van der Waals surface area contributed by atoms with Crippen LogP contribution < -0.4 is 14.8 Å². The molecule has 1 fully saturated rings. The maximum Gasteiger partial charge on any atom is 0.257 e. The van der Waals surface area contributed by atoms with E-state index in [1.807, 2.05) is 0 Å². The standard InChI is InChI=1S/C22H26FN3O5S/c1-22(25-32(3,29)30,15-6-8-16(23)9-7-15)21(28)24-17-10-11-19(31-2)18(14-17)20(27)26-12-4-5-13-26/h6-11,14,25H,4-5,12-13H2,1-3H3,(H,24,28)/t22-/m0/s1. The Labute approximate surface area is 186 Å². The van der Waals surface area contributed by atoms with Crippen LogP contribution in [0.15, 0.2) is 42.5 Å². The summed E-state index contributed by atoms with van der Waals surface area (Å²) >= 11 is 0. The van der Waals surface area contributed by atoms with Crippen molar-refractivity contribution in [3.05, 3.63) is 59.4 Å². The van der Waals surface area contributed by atoms with Crippen molar-refractivity contribution >= 4 is 27.5 Å². The summed E-state index contributed by atoms with van der Waals surface area (Å²) in [4.78, 5) is 27.9. The van der Waals surface area contributed by atoms with Gasteiger partial charge in [0.1, 0.15) is 17.1 Å². The van der Waals surface area contributed by atoms with Crippen LogP contribution in [0.1, 0.15) is 35.7 Å². The number of ether oxygens (including phenoxy) is 1. The van der Waals surface area contributed by atoms with E-state index >= 15 is 0 Å². The van der Waals surface area contributed by atoms with Gasteiger partial charge in [0.15, 0.2) is 0 Å². The minimum Gasteiger partial charge on any atom is -0.496 e. The van der Waals surface area contributed by atoms with Crippen molar-refractivity contribution in [2.24, 2.45) is 0 Å². The van der Waals surface area contributed by atoms with Crippen LogP contribution in [0.25, 0.3) is 0 Å². The van der Waals surface area contributed by atoms with Crippen LogP contribution in [-0.2, 0) is 20.4 Å². The smallest absolute Gasteiger partial charge is 0.257 e. The molecule has 32 heavy (non-hydrogen) atoms. The molecule has 3 rings (SSSR count). The summed E-state index contributed by atoms with van der Waals surface area (Å²) in [7, 11) is -2.35. The minimum absolute atomic E-state index is 0.203. The summed E-state index contributed by atoms with van der Waals surface area (Å²) in [6.07, 6.45) is 2.79. The second-order valence-corrected chi connectivity index (χ2v) is 9.62. The molecule has 0 spiro atoms. The van der Waals surface area contributed by atoms with Gasteiger partial charge in [0.05, 0.1) is 18.9 Å². The van der Waals surface area contributed by atoms with E-state index in [1.54, 1.807) is 17.0 Å². The van der Waals surface area contributed by atoms with Crippen LogP contribution in [0.4, 0.5) is 10.1 Å². The van der Waals surface area contributed by atoms with Crippen LogP contribution in [0, 0.1) is 5.82 Å². The molecule has 0 radical (unpaired) electrons. The van der Waals surface area contributed by atoms with Crippen molar-refractivity contribution in [2.45, 2.75) is 25.3 Å². The first-order valence-corrected chi connectivity index (χ1v) is 12.0. The number of amides is 2. The third-order valence-electron chi connectivity index (χ3n) is 5.35. The average Bonchev–Trinajstić information content (AvgIpc) is 3.27. The highest BCUT2D eigenvalue weighted by Crippen LogP contribution is 2.28. The van der Waals surface area contributed by atoms with E-state index in [-0.39, 0.29) is 11.5 Å². The Balaban J connectivity index is 1.94. The topological polar surface area (TPSA) is 105 Å². The maximum atomic E-state index is 13.4. The maximum absolute atomic E-state index is 13.4. The first-order chi connectivity index (χ1) is 15.0. The zero-order valence-electron chi connectivity index (χ0n) is 18.1. The number of hydrogen-bond donors (Lipinski definition) is 2. The number of hydrogen-bond acceptors (Lipinski definition) is 5. The lowest BCUT2D eigenvalue weighted by molar-refractivity contribution is -0.121. The Hall–Kier alpha value is -2.98. The number of halogens is 1. The van der Waals surface area contributed by atoms with Gasteiger partial charge in [-0.05, 0) is 55.7 Å². The fourth-order valence-corrected chi connectivity index (χ4v) is 4.64. The van der Waals surface area contributed by atoms with Crippen molar-refractivity contribution in [1.82, 2.24) is 9.62 Å². The molecule has 0 aliphatic carbocycles. The molecule has 1 atom stereocenters. The fraction of sp³-hybridized carbons (Fsp3) is 0.364. The summed E-state index contributed by atoms with van der Waals surface area (Å²) in [5.41, 5.74) is -0.877. The van der Waals surface area contributed by atoms with Crippen molar-refractivity contribution in [3.63, 3.8) is 0 Å². The average molecular weight is 464 g/mol. The summed E-state index contributed by atoms with van der Waals surface area (Å²) in [6, 6.07) is 9.59. The number of rotatable bonds is 7. The highest BCUT2D eigenvalue weighted by atomic mass is 32.2. The molecular formula is C22H26FN3O5S. The van der Waals surface area contributed by atoms with E-state index in [0.717, 1.165) is 31.2 Å². The Morgan fingerprint density at radius 2 is 1.72 bits per heavy atom. The van der Waals surface area contributed by atoms with Gasteiger partial charge in [-0.25, -0.2) is 12.8 Å². The van der Waals surface area contributed by atoms with E-state index in [1.165, 1.54) is 32.2 Å². The van der Waals surface area contributed by atoms with E-state index in [2.05, 4.69) is 10.0 Å². The van der Waals surface area contributed by atoms with Crippen LogP contribution in [0.3, 0.4) is 0 Å². The third kappa shape index (κ3) is 5.25. The number of carbonyl (C=O) groups is 2. The fourth-order valence-electron chi connectivity index (χ4n) is 3.69. The van der Waals surface area contributed by atoms with Gasteiger partial charge in [-0.15, -0.1) is 0 Å². The molecule has 0 bridgehead atoms. The number of likely N-dealkylation sites (tertiary alicyclic amines) is 1. The summed E-state index contributed by atoms with van der Waals surface area (Å²) in [6.45, 7) is 2.69. The lowest BCUT2D eigenvalue weighted by Gasteiger charge is -2.29. The van der Waals surface area contributed by atoms with Crippen molar-refractivity contribution in [3.8, 4) is 5.75 Å². The van der Waals surface area contributed by atoms with Gasteiger partial charge in [0, 0.05) is 18.8 Å². The van der Waals surface area contributed by atoms with Gasteiger partial charge in [-0.2, -0.15) is 4.72 Å². The van der Waals surface area contributed by atoms with Crippen molar-refractivity contribution < 1.29 is 27.1 Å². The number of carbonyl (C=O) groups excluding carboxylic acids is 2. The second-order valence-electron chi connectivity index (χ2n) is 7.87. The molecule has 0 unspecified atom stereocenters. The normalized spacial score (nSPS) is 15.8. The first kappa shape index (κ1) is 23.7. The van der Waals surface area contributed by atoms with Gasteiger partial charge < -0.3 is 15.0 Å². The number of nitrogens with one attached hydrogen (secondary N) is 2. The molecule has 1 saturated heterocycles. The molecule has 1 heterocycles. The quantitative estimate of drug-likeness (QED) is 0.656. The molecule has 0 saturated carbocycles. The van der Waals surface area contributed by atoms with E-state index in [0.29, 0.717) is 30.1 Å². The molecular weight excluding hydrogens is 437 g/mol. The summed E-state index contributed by atoms with van der Waals surface area (Å²) in [5.74, 6) is -1.04. The van der Waals surface area contributed by atoms with E-state index < -0.39 is 27.3 Å². The first-order valence-electron chi connectivity index (χ1n) is 10.1. The summed E-state index contributed by atoms with van der Waals surface area (Å²) in [5, 5.41) is 2.67. The van der Waals surface area contributed by atoms with Gasteiger partial charge in [-0.1, -0.05) is 12.1 Å². The van der Waals surface area contributed by atoms with Crippen LogP contribution in [0.5, 0.6) is 5.75 Å². The monoisotopic (exact) mass is 463 g/mol. The van der Waals surface area contributed by atoms with Gasteiger partial charge in [0.25, 0.3) is 5.91 Å². The number of sulfonamides is 1. The molecule has 2 N–H and O–H groups in total.